The van der Waals surface area contributed by atoms with Gasteiger partial charge in [0.2, 0.25) is 0 Å². The van der Waals surface area contributed by atoms with Crippen LogP contribution in [0.3, 0.4) is 0 Å². The standard InChI is InChI=1S/C26H15NO4/c1-14-6-10-23-20(12-14)24-17(25(28)31-23)8-9-21(27-24)19-13-18-16-5-3-2-4-15(16)7-11-22(18)30-26(19)29/h2-13H,1H3. The number of rotatable bonds is 1. The average molecular weight is 405 g/mol. The van der Waals surface area contributed by atoms with Gasteiger partial charge in [-0.05, 0) is 54.1 Å². The van der Waals surface area contributed by atoms with Crippen LogP contribution in [0.2, 0.25) is 0 Å². The third-order valence-electron chi connectivity index (χ3n) is 5.63. The highest BCUT2D eigenvalue weighted by atomic mass is 16.4. The van der Waals surface area contributed by atoms with Crippen LogP contribution in [0, 0.1) is 6.92 Å². The zero-order valence-corrected chi connectivity index (χ0v) is 16.5. The molecule has 0 unspecified atom stereocenters. The molecule has 0 aliphatic heterocycles. The molecule has 0 bridgehead atoms. The normalized spacial score (nSPS) is 11.6. The Morgan fingerprint density at radius 1 is 0.677 bits per heavy atom. The second-order valence-corrected chi connectivity index (χ2v) is 7.63. The van der Waals surface area contributed by atoms with E-state index in [0.29, 0.717) is 33.3 Å². The van der Waals surface area contributed by atoms with Gasteiger partial charge in [-0.2, -0.15) is 0 Å². The van der Waals surface area contributed by atoms with Crippen LogP contribution in [0.25, 0.3) is 54.9 Å². The minimum Gasteiger partial charge on any atom is -0.422 e. The maximum Gasteiger partial charge on any atom is 0.345 e. The lowest BCUT2D eigenvalue weighted by molar-refractivity contribution is 0.563. The summed E-state index contributed by atoms with van der Waals surface area (Å²) in [7, 11) is 0. The monoisotopic (exact) mass is 405 g/mol. The van der Waals surface area contributed by atoms with E-state index in [4.69, 9.17) is 13.8 Å². The minimum absolute atomic E-state index is 0.347. The molecule has 0 N–H and O–H groups in total. The molecule has 3 heterocycles. The third-order valence-corrected chi connectivity index (χ3v) is 5.63. The lowest BCUT2D eigenvalue weighted by Gasteiger charge is -2.07. The summed E-state index contributed by atoms with van der Waals surface area (Å²) in [5, 5.41) is 3.99. The maximum atomic E-state index is 12.8. The predicted molar refractivity (Wildman–Crippen MR) is 122 cm³/mol. The summed E-state index contributed by atoms with van der Waals surface area (Å²) >= 11 is 0. The quantitative estimate of drug-likeness (QED) is 0.264. The fraction of sp³-hybridized carbons (Fsp3) is 0.0385. The molecule has 5 heteroatoms. The number of aryl methyl sites for hydroxylation is 1. The zero-order valence-electron chi connectivity index (χ0n) is 16.5. The predicted octanol–water partition coefficient (Wildman–Crippen LogP) is 5.58. The van der Waals surface area contributed by atoms with Crippen molar-refractivity contribution in [1.29, 1.82) is 0 Å². The first-order chi connectivity index (χ1) is 15.1. The minimum atomic E-state index is -0.474. The lowest BCUT2D eigenvalue weighted by Crippen LogP contribution is -2.06. The van der Waals surface area contributed by atoms with Crippen LogP contribution >= 0.6 is 0 Å². The Morgan fingerprint density at radius 3 is 2.35 bits per heavy atom. The van der Waals surface area contributed by atoms with Crippen molar-refractivity contribution < 1.29 is 8.83 Å². The van der Waals surface area contributed by atoms with E-state index < -0.39 is 11.3 Å². The second kappa shape index (κ2) is 6.37. The van der Waals surface area contributed by atoms with Crippen molar-refractivity contribution in [1.82, 2.24) is 4.98 Å². The topological polar surface area (TPSA) is 73.3 Å². The summed E-state index contributed by atoms with van der Waals surface area (Å²) in [6.45, 7) is 1.96. The maximum absolute atomic E-state index is 12.8. The number of aromatic nitrogens is 1. The molecule has 0 radical (unpaired) electrons. The third kappa shape index (κ3) is 2.67. The van der Waals surface area contributed by atoms with Gasteiger partial charge >= 0.3 is 11.3 Å². The highest BCUT2D eigenvalue weighted by Gasteiger charge is 2.15. The first-order valence-corrected chi connectivity index (χ1v) is 9.89. The van der Waals surface area contributed by atoms with E-state index >= 15 is 0 Å². The molecule has 6 rings (SSSR count). The fourth-order valence-corrected chi connectivity index (χ4v) is 4.10. The number of benzene rings is 3. The number of hydrogen-bond acceptors (Lipinski definition) is 5. The Hall–Kier alpha value is -4.25. The van der Waals surface area contributed by atoms with Gasteiger partial charge in [0.05, 0.1) is 22.2 Å². The van der Waals surface area contributed by atoms with Crippen LogP contribution in [0.15, 0.2) is 91.2 Å². The number of pyridine rings is 1. The molecular weight excluding hydrogens is 390 g/mol. The Labute approximate surface area is 175 Å². The number of fused-ring (bicyclic) bond motifs is 6. The molecule has 3 aromatic heterocycles. The summed E-state index contributed by atoms with van der Waals surface area (Å²) in [6, 6.07) is 22.4. The van der Waals surface area contributed by atoms with E-state index in [1.807, 2.05) is 55.5 Å². The van der Waals surface area contributed by atoms with Crippen LogP contribution in [0.1, 0.15) is 5.56 Å². The Kier molecular flexibility index (Phi) is 3.62. The van der Waals surface area contributed by atoms with Crippen molar-refractivity contribution in [3.63, 3.8) is 0 Å². The van der Waals surface area contributed by atoms with Crippen LogP contribution in [0.5, 0.6) is 0 Å². The molecule has 0 atom stereocenters. The summed E-state index contributed by atoms with van der Waals surface area (Å²) in [6.07, 6.45) is 0. The molecule has 0 saturated heterocycles. The van der Waals surface area contributed by atoms with E-state index in [9.17, 15) is 9.59 Å². The highest BCUT2D eigenvalue weighted by Crippen LogP contribution is 2.29. The van der Waals surface area contributed by atoms with Gasteiger partial charge in [-0.3, -0.25) is 0 Å². The van der Waals surface area contributed by atoms with Crippen molar-refractivity contribution >= 4 is 43.6 Å². The van der Waals surface area contributed by atoms with Crippen molar-refractivity contribution in [2.24, 2.45) is 0 Å². The summed E-state index contributed by atoms with van der Waals surface area (Å²) in [5.74, 6) is 0. The first-order valence-electron chi connectivity index (χ1n) is 9.89. The van der Waals surface area contributed by atoms with Gasteiger partial charge in [0, 0.05) is 10.8 Å². The van der Waals surface area contributed by atoms with Gasteiger partial charge < -0.3 is 8.83 Å². The van der Waals surface area contributed by atoms with Crippen molar-refractivity contribution in [2.45, 2.75) is 6.92 Å². The van der Waals surface area contributed by atoms with E-state index in [2.05, 4.69) is 0 Å². The van der Waals surface area contributed by atoms with Crippen LogP contribution in [0.4, 0.5) is 0 Å². The van der Waals surface area contributed by atoms with Crippen molar-refractivity contribution in [2.75, 3.05) is 0 Å². The molecule has 31 heavy (non-hydrogen) atoms. The van der Waals surface area contributed by atoms with E-state index in [1.54, 1.807) is 24.3 Å². The zero-order chi connectivity index (χ0) is 21.1. The van der Waals surface area contributed by atoms with Crippen LogP contribution in [-0.4, -0.2) is 4.98 Å². The average Bonchev–Trinajstić information content (AvgIpc) is 2.79. The molecule has 0 aliphatic carbocycles. The van der Waals surface area contributed by atoms with Gasteiger partial charge in [-0.25, -0.2) is 14.6 Å². The molecule has 0 aliphatic rings. The second-order valence-electron chi connectivity index (χ2n) is 7.63. The Balaban J connectivity index is 1.69. The van der Waals surface area contributed by atoms with Crippen LogP contribution < -0.4 is 11.3 Å². The molecule has 5 nitrogen and oxygen atoms in total. The molecule has 148 valence electrons. The first kappa shape index (κ1) is 17.6. The Morgan fingerprint density at radius 2 is 1.45 bits per heavy atom. The summed E-state index contributed by atoms with van der Waals surface area (Å²) in [5.41, 5.74) is 2.37. The molecule has 3 aromatic carbocycles. The molecule has 0 spiro atoms. The van der Waals surface area contributed by atoms with Crippen molar-refractivity contribution in [3.8, 4) is 11.3 Å². The van der Waals surface area contributed by atoms with E-state index in [0.717, 1.165) is 27.1 Å². The molecule has 0 saturated carbocycles. The molecule has 0 fully saturated rings. The summed E-state index contributed by atoms with van der Waals surface area (Å²) in [4.78, 5) is 29.9. The van der Waals surface area contributed by atoms with Gasteiger partial charge in [0.15, 0.2) is 0 Å². The smallest absolute Gasteiger partial charge is 0.345 e. The van der Waals surface area contributed by atoms with Gasteiger partial charge in [-0.15, -0.1) is 0 Å². The van der Waals surface area contributed by atoms with Gasteiger partial charge in [0.25, 0.3) is 0 Å². The van der Waals surface area contributed by atoms with Gasteiger partial charge in [-0.1, -0.05) is 42.0 Å². The molecule has 6 aromatic rings. The summed E-state index contributed by atoms with van der Waals surface area (Å²) < 4.78 is 11.1. The molecular formula is C26H15NO4. The van der Waals surface area contributed by atoms with E-state index in [-0.39, 0.29) is 0 Å². The SMILES string of the molecule is Cc1ccc2oc(=O)c3ccc(-c4cc5c(ccc6ccccc65)oc4=O)nc3c2c1. The van der Waals surface area contributed by atoms with Crippen molar-refractivity contribution in [3.05, 3.63) is 99.2 Å². The Bertz CT molecular complexity index is 1790. The fourth-order valence-electron chi connectivity index (χ4n) is 4.10. The number of nitrogens with zero attached hydrogens (tertiary/aromatic N) is 1. The largest absolute Gasteiger partial charge is 0.422 e. The number of hydrogen-bond donors (Lipinski definition) is 0. The molecule has 0 amide bonds. The highest BCUT2D eigenvalue weighted by molar-refractivity contribution is 6.07. The van der Waals surface area contributed by atoms with Gasteiger partial charge in [0.1, 0.15) is 11.2 Å². The van der Waals surface area contributed by atoms with Crippen LogP contribution in [-0.2, 0) is 0 Å². The lowest BCUT2D eigenvalue weighted by atomic mass is 10.0. The van der Waals surface area contributed by atoms with E-state index in [1.165, 1.54) is 0 Å².